The first-order chi connectivity index (χ1) is 5.11. The van der Waals surface area contributed by atoms with Gasteiger partial charge in [-0.2, -0.15) is 0 Å². The highest BCUT2D eigenvalue weighted by Crippen LogP contribution is 2.22. The Morgan fingerprint density at radius 3 is 2.55 bits per heavy atom. The SMILES string of the molecule is CC(=O)C[C@@H]1CCN1C(C)C. The fraction of sp³-hybridized carbons (Fsp3) is 0.889. The first-order valence-corrected chi connectivity index (χ1v) is 4.36. The van der Waals surface area contributed by atoms with Gasteiger partial charge in [-0.3, -0.25) is 9.69 Å². The largest absolute Gasteiger partial charge is 0.300 e. The Morgan fingerprint density at radius 1 is 1.64 bits per heavy atom. The van der Waals surface area contributed by atoms with E-state index in [0.717, 1.165) is 6.42 Å². The van der Waals surface area contributed by atoms with Gasteiger partial charge in [-0.15, -0.1) is 0 Å². The summed E-state index contributed by atoms with van der Waals surface area (Å²) in [4.78, 5) is 13.2. The minimum atomic E-state index is 0.320. The van der Waals surface area contributed by atoms with Crippen LogP contribution in [0.25, 0.3) is 0 Å². The highest BCUT2D eigenvalue weighted by atomic mass is 16.1. The maximum atomic E-state index is 10.8. The van der Waals surface area contributed by atoms with Crippen molar-refractivity contribution in [3.8, 4) is 0 Å². The van der Waals surface area contributed by atoms with Crippen LogP contribution in [0.3, 0.4) is 0 Å². The lowest BCUT2D eigenvalue weighted by Gasteiger charge is -2.43. The molecule has 0 spiro atoms. The van der Waals surface area contributed by atoms with Crippen LogP contribution in [0.5, 0.6) is 0 Å². The van der Waals surface area contributed by atoms with Crippen molar-refractivity contribution in [2.45, 2.75) is 45.7 Å². The molecule has 0 saturated carbocycles. The molecule has 1 fully saturated rings. The van der Waals surface area contributed by atoms with Crippen LogP contribution in [0.1, 0.15) is 33.6 Å². The molecule has 1 aliphatic heterocycles. The number of hydrogen-bond acceptors (Lipinski definition) is 2. The average Bonchev–Trinajstić information content (AvgIpc) is 1.78. The van der Waals surface area contributed by atoms with Crippen molar-refractivity contribution < 1.29 is 4.79 Å². The van der Waals surface area contributed by atoms with Gasteiger partial charge in [0.25, 0.3) is 0 Å². The lowest BCUT2D eigenvalue weighted by atomic mass is 9.96. The van der Waals surface area contributed by atoms with Gasteiger partial charge in [0.2, 0.25) is 0 Å². The molecule has 0 bridgehead atoms. The lowest BCUT2D eigenvalue weighted by molar-refractivity contribution is -0.119. The number of rotatable bonds is 3. The van der Waals surface area contributed by atoms with Gasteiger partial charge in [-0.25, -0.2) is 0 Å². The zero-order chi connectivity index (χ0) is 8.43. The minimum absolute atomic E-state index is 0.320. The topological polar surface area (TPSA) is 20.3 Å². The van der Waals surface area contributed by atoms with Crippen LogP contribution in [0.2, 0.25) is 0 Å². The summed E-state index contributed by atoms with van der Waals surface area (Å²) in [5.41, 5.74) is 0. The van der Waals surface area contributed by atoms with E-state index in [2.05, 4.69) is 18.7 Å². The Morgan fingerprint density at radius 2 is 2.27 bits per heavy atom. The third-order valence-corrected chi connectivity index (χ3v) is 2.38. The minimum Gasteiger partial charge on any atom is -0.300 e. The fourth-order valence-corrected chi connectivity index (χ4v) is 1.69. The third-order valence-electron chi connectivity index (χ3n) is 2.38. The van der Waals surface area contributed by atoms with E-state index in [1.807, 2.05) is 0 Å². The van der Waals surface area contributed by atoms with Crippen molar-refractivity contribution in [1.29, 1.82) is 0 Å². The van der Waals surface area contributed by atoms with Crippen LogP contribution in [-0.2, 0) is 4.79 Å². The van der Waals surface area contributed by atoms with E-state index >= 15 is 0 Å². The summed E-state index contributed by atoms with van der Waals surface area (Å²) in [6.45, 7) is 7.23. The Bertz CT molecular complexity index is 154. The van der Waals surface area contributed by atoms with Crippen LogP contribution in [0.15, 0.2) is 0 Å². The highest BCUT2D eigenvalue weighted by Gasteiger charge is 2.30. The molecule has 2 heteroatoms. The lowest BCUT2D eigenvalue weighted by Crippen LogP contribution is -2.51. The molecule has 0 aromatic carbocycles. The Labute approximate surface area is 68.6 Å². The molecule has 1 atom stereocenters. The second-order valence-electron chi connectivity index (χ2n) is 3.68. The molecule has 1 aliphatic rings. The Hall–Kier alpha value is -0.370. The monoisotopic (exact) mass is 155 g/mol. The molecule has 0 aliphatic carbocycles. The summed E-state index contributed by atoms with van der Waals surface area (Å²) < 4.78 is 0. The van der Waals surface area contributed by atoms with Crippen LogP contribution in [-0.4, -0.2) is 29.3 Å². The van der Waals surface area contributed by atoms with Crippen molar-refractivity contribution in [3.05, 3.63) is 0 Å². The maximum Gasteiger partial charge on any atom is 0.131 e. The zero-order valence-corrected chi connectivity index (χ0v) is 7.63. The number of likely N-dealkylation sites (tertiary alicyclic amines) is 1. The van der Waals surface area contributed by atoms with E-state index in [0.29, 0.717) is 17.9 Å². The second kappa shape index (κ2) is 3.35. The molecule has 0 aromatic rings. The molecular weight excluding hydrogens is 138 g/mol. The van der Waals surface area contributed by atoms with Gasteiger partial charge in [0, 0.05) is 25.0 Å². The standard InChI is InChI=1S/C9H17NO/c1-7(2)10-5-4-9(10)6-8(3)11/h7,9H,4-6H2,1-3H3/t9-/m0/s1. The molecular formula is C9H17NO. The maximum absolute atomic E-state index is 10.8. The number of Topliss-reactive ketones (excluding diaryl/α,β-unsaturated/α-hetero) is 1. The van der Waals surface area contributed by atoms with Crippen molar-refractivity contribution >= 4 is 5.78 Å². The Balaban J connectivity index is 2.31. The van der Waals surface area contributed by atoms with Crippen LogP contribution in [0.4, 0.5) is 0 Å². The third kappa shape index (κ3) is 2.03. The summed E-state index contributed by atoms with van der Waals surface area (Å²) >= 11 is 0. The average molecular weight is 155 g/mol. The molecule has 0 radical (unpaired) electrons. The molecule has 0 aromatic heterocycles. The fourth-order valence-electron chi connectivity index (χ4n) is 1.69. The first-order valence-electron chi connectivity index (χ1n) is 4.36. The summed E-state index contributed by atoms with van der Waals surface area (Å²) in [5, 5.41) is 0. The van der Waals surface area contributed by atoms with Crippen LogP contribution in [0, 0.1) is 0 Å². The molecule has 0 N–H and O–H groups in total. The molecule has 2 nitrogen and oxygen atoms in total. The van der Waals surface area contributed by atoms with Crippen LogP contribution < -0.4 is 0 Å². The van der Waals surface area contributed by atoms with Crippen LogP contribution >= 0.6 is 0 Å². The van der Waals surface area contributed by atoms with E-state index in [-0.39, 0.29) is 0 Å². The predicted molar refractivity (Wildman–Crippen MR) is 45.5 cm³/mol. The van der Waals surface area contributed by atoms with Crippen molar-refractivity contribution in [2.75, 3.05) is 6.54 Å². The van der Waals surface area contributed by atoms with Gasteiger partial charge in [0.15, 0.2) is 0 Å². The van der Waals surface area contributed by atoms with E-state index in [4.69, 9.17) is 0 Å². The summed E-state index contributed by atoms with van der Waals surface area (Å²) in [5.74, 6) is 0.320. The number of hydrogen-bond donors (Lipinski definition) is 0. The number of carbonyl (C=O) groups is 1. The van der Waals surface area contributed by atoms with Crippen molar-refractivity contribution in [3.63, 3.8) is 0 Å². The van der Waals surface area contributed by atoms with Gasteiger partial charge in [-0.05, 0) is 27.2 Å². The molecule has 0 amide bonds. The molecule has 1 saturated heterocycles. The van der Waals surface area contributed by atoms with Gasteiger partial charge >= 0.3 is 0 Å². The van der Waals surface area contributed by atoms with Crippen molar-refractivity contribution in [1.82, 2.24) is 4.90 Å². The molecule has 1 heterocycles. The number of nitrogens with zero attached hydrogens (tertiary/aromatic N) is 1. The normalized spacial score (nSPS) is 25.3. The van der Waals surface area contributed by atoms with Gasteiger partial charge < -0.3 is 0 Å². The zero-order valence-electron chi connectivity index (χ0n) is 7.63. The molecule has 11 heavy (non-hydrogen) atoms. The van der Waals surface area contributed by atoms with E-state index in [1.54, 1.807) is 6.92 Å². The molecule has 64 valence electrons. The smallest absolute Gasteiger partial charge is 0.131 e. The summed E-state index contributed by atoms with van der Waals surface area (Å²) in [6, 6.07) is 1.15. The van der Waals surface area contributed by atoms with E-state index in [9.17, 15) is 4.79 Å². The van der Waals surface area contributed by atoms with Gasteiger partial charge in [0.1, 0.15) is 5.78 Å². The quantitative estimate of drug-likeness (QED) is 0.614. The van der Waals surface area contributed by atoms with Gasteiger partial charge in [0.05, 0.1) is 0 Å². The molecule has 0 unspecified atom stereocenters. The number of carbonyl (C=O) groups excluding carboxylic acids is 1. The summed E-state index contributed by atoms with van der Waals surface area (Å²) in [6.07, 6.45) is 1.95. The first kappa shape index (κ1) is 8.72. The van der Waals surface area contributed by atoms with E-state index in [1.165, 1.54) is 13.0 Å². The predicted octanol–water partition coefficient (Wildman–Crippen LogP) is 1.45. The van der Waals surface area contributed by atoms with E-state index < -0.39 is 0 Å². The number of ketones is 1. The molecule has 1 rings (SSSR count). The highest BCUT2D eigenvalue weighted by molar-refractivity contribution is 5.76. The second-order valence-corrected chi connectivity index (χ2v) is 3.68. The Kier molecular flexibility index (Phi) is 2.66. The van der Waals surface area contributed by atoms with Gasteiger partial charge in [-0.1, -0.05) is 0 Å². The summed E-state index contributed by atoms with van der Waals surface area (Å²) in [7, 11) is 0. The van der Waals surface area contributed by atoms with Crippen molar-refractivity contribution in [2.24, 2.45) is 0 Å².